The van der Waals surface area contributed by atoms with Gasteiger partial charge in [0.15, 0.2) is 11.5 Å². The second-order valence-electron chi connectivity index (χ2n) is 11.4. The minimum Gasteiger partial charge on any atom is -0.497 e. The number of methoxy groups -OCH3 is 4. The summed E-state index contributed by atoms with van der Waals surface area (Å²) in [6.45, 7) is 5.11. The van der Waals surface area contributed by atoms with Crippen LogP contribution in [0.5, 0.6) is 23.0 Å². The van der Waals surface area contributed by atoms with E-state index >= 15 is 4.39 Å². The molecule has 15 heteroatoms. The van der Waals surface area contributed by atoms with Gasteiger partial charge in [0, 0.05) is 18.1 Å². The molecular weight excluding hydrogens is 673 g/mol. The van der Waals surface area contributed by atoms with Crippen LogP contribution < -0.4 is 24.3 Å². The monoisotopic (exact) mass is 709 g/mol. The fourth-order valence-electron chi connectivity index (χ4n) is 5.67. The van der Waals surface area contributed by atoms with Crippen LogP contribution in [0, 0.1) is 11.7 Å². The van der Waals surface area contributed by atoms with Crippen LogP contribution in [-0.2, 0) is 36.0 Å². The van der Waals surface area contributed by atoms with Crippen LogP contribution in [0.3, 0.4) is 0 Å². The molecule has 0 fully saturated rings. The number of hydrogen-bond donors (Lipinski definition) is 1. The van der Waals surface area contributed by atoms with Gasteiger partial charge in [0.1, 0.15) is 28.6 Å². The fraction of sp³-hybridized carbons (Fsp3) is 0.343. The molecule has 1 amide bonds. The number of carbonyl (C=O) groups excluding carboxylic acids is 3. The van der Waals surface area contributed by atoms with Gasteiger partial charge in [-0.3, -0.25) is 0 Å². The molecule has 13 nitrogen and oxygen atoms in total. The van der Waals surface area contributed by atoms with Crippen molar-refractivity contribution < 1.29 is 51.9 Å². The first-order valence-electron chi connectivity index (χ1n) is 15.5. The van der Waals surface area contributed by atoms with Crippen molar-refractivity contribution in [1.29, 1.82) is 0 Å². The average Bonchev–Trinajstić information content (AvgIpc) is 3.67. The number of benzene rings is 3. The molecular formula is C35H36FN3O10S. The number of fused-ring (bicyclic) bond motifs is 1. The summed E-state index contributed by atoms with van der Waals surface area (Å²) in [4.78, 5) is 40.7. The highest BCUT2D eigenvalue weighted by Crippen LogP contribution is 2.50. The Morgan fingerprint density at radius 3 is 2.24 bits per heavy atom. The number of cyclic esters (lactones) is 1. The molecule has 1 aliphatic rings. The van der Waals surface area contributed by atoms with Crippen molar-refractivity contribution in [2.24, 2.45) is 5.92 Å². The van der Waals surface area contributed by atoms with Crippen LogP contribution in [0.1, 0.15) is 37.5 Å². The van der Waals surface area contributed by atoms with E-state index in [4.69, 9.17) is 33.2 Å². The third-order valence-electron chi connectivity index (χ3n) is 8.04. The van der Waals surface area contributed by atoms with Crippen LogP contribution in [0.25, 0.3) is 16.6 Å². The third-order valence-corrected chi connectivity index (χ3v) is 8.59. The first kappa shape index (κ1) is 35.9. The average molecular weight is 710 g/mol. The van der Waals surface area contributed by atoms with Gasteiger partial charge in [0.05, 0.1) is 57.9 Å². The summed E-state index contributed by atoms with van der Waals surface area (Å²) in [6, 6.07) is 10.9. The number of esters is 2. The Hall–Kier alpha value is -5.44. The zero-order valence-electron chi connectivity index (χ0n) is 28.5. The Kier molecular flexibility index (Phi) is 10.7. The maximum absolute atomic E-state index is 16.2. The predicted octanol–water partition coefficient (Wildman–Crippen LogP) is 5.58. The molecule has 0 saturated carbocycles. The standard InChI is InChI=1S/C35H36FN3O10S/c1-8-47-33(41)30(18(2)3)37-34(42)49-35(22-11-10-21(43-4)17-24(22)36)23(13-19-14-27(44-5)31(46-7)28(15-19)45-6)29(32(40)48-35)20-9-12-25-26(16-20)39-50-38-25/h9-12,14-18,30H,8,13H2,1-7H3,(H,37,42). The van der Waals surface area contributed by atoms with E-state index in [9.17, 15) is 14.4 Å². The molecule has 4 aromatic rings. The van der Waals surface area contributed by atoms with Crippen molar-refractivity contribution in [3.8, 4) is 23.0 Å². The normalized spacial score (nSPS) is 16.2. The number of nitrogens with one attached hydrogen (secondary N) is 1. The second-order valence-corrected chi connectivity index (χ2v) is 11.9. The number of alkyl carbamates (subject to hydrolysis) is 1. The lowest BCUT2D eigenvalue weighted by Crippen LogP contribution is -2.48. The minimum absolute atomic E-state index is 0.0116. The van der Waals surface area contributed by atoms with Crippen molar-refractivity contribution in [1.82, 2.24) is 14.1 Å². The third kappa shape index (κ3) is 6.85. The lowest BCUT2D eigenvalue weighted by Gasteiger charge is -2.32. The first-order valence-corrected chi connectivity index (χ1v) is 16.2. The molecule has 0 spiro atoms. The van der Waals surface area contributed by atoms with Crippen molar-refractivity contribution in [2.45, 2.75) is 39.0 Å². The van der Waals surface area contributed by atoms with Gasteiger partial charge in [-0.05, 0) is 60.4 Å². The summed E-state index contributed by atoms with van der Waals surface area (Å²) in [7, 11) is 5.72. The summed E-state index contributed by atoms with van der Waals surface area (Å²) in [5.41, 5.74) is 1.67. The number of amides is 1. The summed E-state index contributed by atoms with van der Waals surface area (Å²) in [5.74, 6) is -4.35. The first-order chi connectivity index (χ1) is 24.0. The molecule has 2 heterocycles. The highest BCUT2D eigenvalue weighted by Gasteiger charge is 2.55. The zero-order valence-corrected chi connectivity index (χ0v) is 29.3. The van der Waals surface area contributed by atoms with Gasteiger partial charge in [-0.25, -0.2) is 18.8 Å². The van der Waals surface area contributed by atoms with Gasteiger partial charge >= 0.3 is 23.8 Å². The van der Waals surface area contributed by atoms with E-state index in [1.165, 1.54) is 40.6 Å². The van der Waals surface area contributed by atoms with E-state index in [-0.39, 0.29) is 35.5 Å². The van der Waals surface area contributed by atoms with Crippen molar-refractivity contribution in [3.63, 3.8) is 0 Å². The molecule has 1 N–H and O–H groups in total. The van der Waals surface area contributed by atoms with Crippen LogP contribution in [0.4, 0.5) is 9.18 Å². The predicted molar refractivity (Wildman–Crippen MR) is 180 cm³/mol. The number of hydrogen-bond acceptors (Lipinski definition) is 13. The molecule has 264 valence electrons. The van der Waals surface area contributed by atoms with Gasteiger partial charge in [-0.15, -0.1) is 0 Å². The molecule has 1 aromatic heterocycles. The Morgan fingerprint density at radius 2 is 1.64 bits per heavy atom. The number of aromatic nitrogens is 2. The van der Waals surface area contributed by atoms with Crippen molar-refractivity contribution in [3.05, 3.63) is 76.6 Å². The van der Waals surface area contributed by atoms with Crippen LogP contribution >= 0.6 is 11.7 Å². The lowest BCUT2D eigenvalue weighted by atomic mass is 9.87. The van der Waals surface area contributed by atoms with E-state index in [2.05, 4.69) is 14.1 Å². The van der Waals surface area contributed by atoms with Gasteiger partial charge in [0.2, 0.25) is 5.75 Å². The zero-order chi connectivity index (χ0) is 36.2. The summed E-state index contributed by atoms with van der Waals surface area (Å²) in [5, 5.41) is 2.52. The van der Waals surface area contributed by atoms with Crippen LogP contribution in [0.15, 0.2) is 54.1 Å². The molecule has 0 radical (unpaired) electrons. The van der Waals surface area contributed by atoms with E-state index in [0.29, 0.717) is 39.4 Å². The van der Waals surface area contributed by atoms with E-state index < -0.39 is 41.6 Å². The maximum atomic E-state index is 16.2. The van der Waals surface area contributed by atoms with Gasteiger partial charge < -0.3 is 38.5 Å². The largest absolute Gasteiger partial charge is 0.497 e. The van der Waals surface area contributed by atoms with Gasteiger partial charge in [-0.2, -0.15) is 8.75 Å². The molecule has 50 heavy (non-hydrogen) atoms. The molecule has 0 bridgehead atoms. The van der Waals surface area contributed by atoms with Crippen molar-refractivity contribution >= 4 is 46.4 Å². The number of halogens is 1. The summed E-state index contributed by atoms with van der Waals surface area (Å²) >= 11 is 0.995. The molecule has 1 aliphatic heterocycles. The minimum atomic E-state index is -2.49. The second kappa shape index (κ2) is 15.0. The molecule has 0 aliphatic carbocycles. The quantitative estimate of drug-likeness (QED) is 0.172. The van der Waals surface area contributed by atoms with Gasteiger partial charge in [-0.1, -0.05) is 19.9 Å². The Balaban J connectivity index is 1.77. The Labute approximate surface area is 291 Å². The SMILES string of the molecule is CCOC(=O)C(NC(=O)OC1(c2ccc(OC)cc2F)OC(=O)C(c2ccc3nsnc3c2)=C1Cc1cc(OC)c(OC)c(OC)c1)C(C)C. The molecule has 0 saturated heterocycles. The van der Waals surface area contributed by atoms with E-state index in [1.807, 2.05) is 0 Å². The number of rotatable bonds is 13. The smallest absolute Gasteiger partial charge is 0.411 e. The number of nitrogens with zero attached hydrogens (tertiary/aromatic N) is 2. The molecule has 2 atom stereocenters. The molecule has 2 unspecified atom stereocenters. The highest BCUT2D eigenvalue weighted by molar-refractivity contribution is 7.00. The summed E-state index contributed by atoms with van der Waals surface area (Å²) < 4.78 is 63.8. The van der Waals surface area contributed by atoms with Crippen LogP contribution in [0.2, 0.25) is 0 Å². The maximum Gasteiger partial charge on any atom is 0.411 e. The van der Waals surface area contributed by atoms with Gasteiger partial charge in [0.25, 0.3) is 0 Å². The van der Waals surface area contributed by atoms with Crippen LogP contribution in [-0.4, -0.2) is 67.9 Å². The Morgan fingerprint density at radius 1 is 0.940 bits per heavy atom. The molecule has 5 rings (SSSR count). The molecule has 3 aromatic carbocycles. The Bertz CT molecular complexity index is 1940. The van der Waals surface area contributed by atoms with E-state index in [0.717, 1.165) is 17.8 Å². The number of ether oxygens (including phenoxy) is 7. The van der Waals surface area contributed by atoms with E-state index in [1.54, 1.807) is 51.1 Å². The van der Waals surface area contributed by atoms with Crippen molar-refractivity contribution in [2.75, 3.05) is 35.0 Å². The highest BCUT2D eigenvalue weighted by atomic mass is 32.1. The fourth-order valence-corrected chi connectivity index (χ4v) is 6.19. The number of carbonyl (C=O) groups is 3. The lowest BCUT2D eigenvalue weighted by molar-refractivity contribution is -0.186. The summed E-state index contributed by atoms with van der Waals surface area (Å²) in [6.07, 6.45) is -1.34. The topological polar surface area (TPSA) is 154 Å².